The fourth-order valence-corrected chi connectivity index (χ4v) is 2.69. The quantitative estimate of drug-likeness (QED) is 0.844. The molecular formula is C15H13BrClNO. The molecule has 2 N–H and O–H groups in total. The minimum atomic E-state index is -0.482. The van der Waals surface area contributed by atoms with Gasteiger partial charge in [0.2, 0.25) is 5.91 Å². The average Bonchev–Trinajstić information content (AvgIpc) is 2.42. The lowest BCUT2D eigenvalue weighted by Gasteiger charge is -2.16. The Hall–Kier alpha value is -1.32. The number of hydrogen-bond acceptors (Lipinski definition) is 1. The molecule has 0 aliphatic carbocycles. The van der Waals surface area contributed by atoms with Crippen molar-refractivity contribution in [3.05, 3.63) is 58.6 Å². The van der Waals surface area contributed by atoms with Gasteiger partial charge in [0.25, 0.3) is 0 Å². The smallest absolute Gasteiger partial charge is 0.226 e. The van der Waals surface area contributed by atoms with E-state index in [0.717, 1.165) is 21.2 Å². The Morgan fingerprint density at radius 3 is 2.47 bits per heavy atom. The number of alkyl halides is 1. The minimum absolute atomic E-state index is 0.177. The van der Waals surface area contributed by atoms with Crippen LogP contribution in [-0.2, 0) is 4.79 Å². The average molecular weight is 339 g/mol. The normalized spacial score (nSPS) is 12.1. The molecule has 1 unspecified atom stereocenters. The van der Waals surface area contributed by atoms with E-state index < -0.39 is 11.8 Å². The number of hydrogen-bond donors (Lipinski definition) is 1. The number of benzene rings is 2. The highest BCUT2D eigenvalue weighted by molar-refractivity contribution is 9.10. The summed E-state index contributed by atoms with van der Waals surface area (Å²) in [5, 5.41) is 0. The molecule has 0 saturated carbocycles. The van der Waals surface area contributed by atoms with Crippen molar-refractivity contribution in [2.45, 2.75) is 5.92 Å². The molecule has 2 rings (SSSR count). The van der Waals surface area contributed by atoms with Crippen LogP contribution in [-0.4, -0.2) is 11.8 Å². The summed E-state index contributed by atoms with van der Waals surface area (Å²) in [5.74, 6) is -0.712. The van der Waals surface area contributed by atoms with Crippen molar-refractivity contribution in [2.24, 2.45) is 5.73 Å². The van der Waals surface area contributed by atoms with Gasteiger partial charge in [-0.2, -0.15) is 0 Å². The largest absolute Gasteiger partial charge is 0.369 e. The van der Waals surface area contributed by atoms with Gasteiger partial charge in [-0.05, 0) is 28.8 Å². The zero-order valence-corrected chi connectivity index (χ0v) is 12.5. The molecule has 1 atom stereocenters. The van der Waals surface area contributed by atoms with Gasteiger partial charge in [0, 0.05) is 10.4 Å². The van der Waals surface area contributed by atoms with Crippen LogP contribution in [0.4, 0.5) is 0 Å². The molecule has 0 spiro atoms. The van der Waals surface area contributed by atoms with Crippen molar-refractivity contribution >= 4 is 33.4 Å². The number of carbonyl (C=O) groups excluding carboxylic acids is 1. The van der Waals surface area contributed by atoms with E-state index in [1.54, 1.807) is 0 Å². The highest BCUT2D eigenvalue weighted by Crippen LogP contribution is 2.32. The van der Waals surface area contributed by atoms with Crippen molar-refractivity contribution in [3.63, 3.8) is 0 Å². The Morgan fingerprint density at radius 1 is 1.21 bits per heavy atom. The van der Waals surface area contributed by atoms with Gasteiger partial charge in [0.05, 0.1) is 5.92 Å². The van der Waals surface area contributed by atoms with Crippen LogP contribution in [0.5, 0.6) is 0 Å². The summed E-state index contributed by atoms with van der Waals surface area (Å²) in [5.41, 5.74) is 8.30. The minimum Gasteiger partial charge on any atom is -0.369 e. The fourth-order valence-electron chi connectivity index (χ4n) is 2.01. The fraction of sp³-hybridized carbons (Fsp3) is 0.133. The highest BCUT2D eigenvalue weighted by Gasteiger charge is 2.20. The number of carbonyl (C=O) groups is 1. The van der Waals surface area contributed by atoms with E-state index in [1.807, 2.05) is 48.5 Å². The lowest BCUT2D eigenvalue weighted by Crippen LogP contribution is -2.23. The van der Waals surface area contributed by atoms with Crippen molar-refractivity contribution < 1.29 is 4.79 Å². The van der Waals surface area contributed by atoms with Gasteiger partial charge in [0.15, 0.2) is 0 Å². The molecule has 1 amide bonds. The molecule has 98 valence electrons. The highest BCUT2D eigenvalue weighted by atomic mass is 79.9. The van der Waals surface area contributed by atoms with Crippen LogP contribution in [0, 0.1) is 0 Å². The third-order valence-corrected chi connectivity index (χ3v) is 3.78. The van der Waals surface area contributed by atoms with Gasteiger partial charge in [-0.25, -0.2) is 0 Å². The Kier molecular flexibility index (Phi) is 4.61. The third-order valence-electron chi connectivity index (χ3n) is 2.97. The Bertz CT molecular complexity index is 586. The van der Waals surface area contributed by atoms with Crippen LogP contribution in [0.15, 0.2) is 53.0 Å². The van der Waals surface area contributed by atoms with Crippen molar-refractivity contribution in [1.29, 1.82) is 0 Å². The lowest BCUT2D eigenvalue weighted by atomic mass is 9.91. The number of halogens is 2. The van der Waals surface area contributed by atoms with E-state index in [1.165, 1.54) is 0 Å². The van der Waals surface area contributed by atoms with Crippen LogP contribution in [0.2, 0.25) is 0 Å². The van der Waals surface area contributed by atoms with E-state index in [-0.39, 0.29) is 5.88 Å². The maximum Gasteiger partial charge on any atom is 0.226 e. The Morgan fingerprint density at radius 2 is 1.89 bits per heavy atom. The summed E-state index contributed by atoms with van der Waals surface area (Å²) in [4.78, 5) is 11.5. The van der Waals surface area contributed by atoms with E-state index in [4.69, 9.17) is 17.3 Å². The predicted molar refractivity (Wildman–Crippen MR) is 82.2 cm³/mol. The molecule has 0 heterocycles. The molecule has 4 heteroatoms. The number of amides is 1. The zero-order chi connectivity index (χ0) is 13.8. The van der Waals surface area contributed by atoms with Crippen molar-refractivity contribution in [1.82, 2.24) is 0 Å². The molecular weight excluding hydrogens is 326 g/mol. The molecule has 0 saturated heterocycles. The summed E-state index contributed by atoms with van der Waals surface area (Å²) in [6, 6.07) is 15.6. The van der Waals surface area contributed by atoms with Crippen LogP contribution >= 0.6 is 27.5 Å². The van der Waals surface area contributed by atoms with Gasteiger partial charge in [0.1, 0.15) is 0 Å². The second-order valence-corrected chi connectivity index (χ2v) is 5.43. The summed E-state index contributed by atoms with van der Waals surface area (Å²) < 4.78 is 0.952. The SMILES string of the molecule is NC(=O)C(CCl)c1ccc(Br)cc1-c1ccccc1. The third kappa shape index (κ3) is 3.17. The first-order valence-electron chi connectivity index (χ1n) is 5.83. The summed E-state index contributed by atoms with van der Waals surface area (Å²) in [7, 11) is 0. The first kappa shape index (κ1) is 14.1. The summed E-state index contributed by atoms with van der Waals surface area (Å²) in [6.45, 7) is 0. The number of primary amides is 1. The zero-order valence-electron chi connectivity index (χ0n) is 10.1. The molecule has 0 bridgehead atoms. The van der Waals surface area contributed by atoms with Gasteiger partial charge in [-0.1, -0.05) is 52.3 Å². The van der Waals surface area contributed by atoms with E-state index in [9.17, 15) is 4.79 Å². The first-order valence-corrected chi connectivity index (χ1v) is 7.16. The van der Waals surface area contributed by atoms with Crippen LogP contribution in [0.25, 0.3) is 11.1 Å². The summed E-state index contributed by atoms with van der Waals surface area (Å²) >= 11 is 9.34. The topological polar surface area (TPSA) is 43.1 Å². The molecule has 2 aromatic carbocycles. The van der Waals surface area contributed by atoms with Gasteiger partial charge in [-0.3, -0.25) is 4.79 Å². The van der Waals surface area contributed by atoms with Crippen LogP contribution < -0.4 is 5.73 Å². The maximum atomic E-state index is 11.5. The molecule has 0 radical (unpaired) electrons. The Labute approximate surface area is 125 Å². The van der Waals surface area contributed by atoms with Crippen molar-refractivity contribution in [2.75, 3.05) is 5.88 Å². The monoisotopic (exact) mass is 337 g/mol. The second kappa shape index (κ2) is 6.22. The van der Waals surface area contributed by atoms with E-state index in [0.29, 0.717) is 0 Å². The van der Waals surface area contributed by atoms with Crippen LogP contribution in [0.1, 0.15) is 11.5 Å². The maximum absolute atomic E-state index is 11.5. The predicted octanol–water partition coefficient (Wildman–Crippen LogP) is 3.92. The van der Waals surface area contributed by atoms with Gasteiger partial charge in [-0.15, -0.1) is 11.6 Å². The molecule has 2 aromatic rings. The van der Waals surface area contributed by atoms with E-state index in [2.05, 4.69) is 15.9 Å². The lowest BCUT2D eigenvalue weighted by molar-refractivity contribution is -0.119. The van der Waals surface area contributed by atoms with Gasteiger partial charge >= 0.3 is 0 Å². The van der Waals surface area contributed by atoms with Crippen molar-refractivity contribution in [3.8, 4) is 11.1 Å². The molecule has 0 aliphatic heterocycles. The van der Waals surface area contributed by atoms with E-state index >= 15 is 0 Å². The number of rotatable bonds is 4. The molecule has 0 aliphatic rings. The molecule has 2 nitrogen and oxygen atoms in total. The molecule has 0 aromatic heterocycles. The summed E-state index contributed by atoms with van der Waals surface area (Å²) in [6.07, 6.45) is 0. The first-order chi connectivity index (χ1) is 9.13. The standard InChI is InChI=1S/C15H13BrClNO/c16-11-6-7-12(14(9-17)15(18)19)13(8-11)10-4-2-1-3-5-10/h1-8,14H,9H2,(H2,18,19). The van der Waals surface area contributed by atoms with Crippen LogP contribution in [0.3, 0.4) is 0 Å². The molecule has 19 heavy (non-hydrogen) atoms. The second-order valence-electron chi connectivity index (χ2n) is 4.21. The van der Waals surface area contributed by atoms with Gasteiger partial charge < -0.3 is 5.73 Å². The molecule has 0 fully saturated rings. The number of nitrogens with two attached hydrogens (primary N) is 1. The Balaban J connectivity index is 2.59.